The lowest BCUT2D eigenvalue weighted by Gasteiger charge is -2.37. The first kappa shape index (κ1) is 29.9. The molecule has 2 fully saturated rings. The van der Waals surface area contributed by atoms with E-state index in [-0.39, 0.29) is 5.91 Å². The molecular formula is C33H42N6O2. The van der Waals surface area contributed by atoms with E-state index in [9.17, 15) is 4.79 Å². The van der Waals surface area contributed by atoms with E-state index in [2.05, 4.69) is 33.3 Å². The molecule has 1 aromatic heterocycles. The number of nitrogens with zero attached hydrogens (tertiary/aromatic N) is 4. The van der Waals surface area contributed by atoms with Crippen LogP contribution >= 0.6 is 0 Å². The number of benzene rings is 1. The van der Waals surface area contributed by atoms with E-state index >= 15 is 0 Å². The average molecular weight is 555 g/mol. The number of ether oxygens (including phenoxy) is 1. The maximum Gasteiger partial charge on any atom is 0.257 e. The molecule has 4 N–H and O–H groups in total. The second-order valence-electron chi connectivity index (χ2n) is 10.7. The summed E-state index contributed by atoms with van der Waals surface area (Å²) in [5.41, 5.74) is 15.9. The Morgan fingerprint density at radius 2 is 1.90 bits per heavy atom. The van der Waals surface area contributed by atoms with Gasteiger partial charge < -0.3 is 21.1 Å². The molecule has 1 amide bonds. The van der Waals surface area contributed by atoms with Gasteiger partial charge in [-0.15, -0.1) is 0 Å². The summed E-state index contributed by atoms with van der Waals surface area (Å²) in [5.74, 6) is 7.60. The SMILES string of the molecule is C=C(N)/C=C\C(C#Cc1c(CC)ncnc1-c1ccc(C(=O)N2CCN(CC3CCCCC3)CC2)c(OC)c1)=C/N. The van der Waals surface area contributed by atoms with Crippen molar-refractivity contribution in [1.29, 1.82) is 0 Å². The Kier molecular flexibility index (Phi) is 10.6. The van der Waals surface area contributed by atoms with E-state index in [0.717, 1.165) is 49.9 Å². The van der Waals surface area contributed by atoms with Crippen LogP contribution in [0.3, 0.4) is 0 Å². The van der Waals surface area contributed by atoms with Gasteiger partial charge in [-0.25, -0.2) is 9.97 Å². The monoisotopic (exact) mass is 554 g/mol. The largest absolute Gasteiger partial charge is 0.496 e. The number of allylic oxidation sites excluding steroid dienone is 3. The van der Waals surface area contributed by atoms with E-state index in [4.69, 9.17) is 16.2 Å². The van der Waals surface area contributed by atoms with Crippen molar-refractivity contribution in [3.05, 3.63) is 77.5 Å². The molecule has 1 saturated heterocycles. The Bertz CT molecular complexity index is 1360. The summed E-state index contributed by atoms with van der Waals surface area (Å²) in [6.45, 7) is 10.1. The van der Waals surface area contributed by atoms with Gasteiger partial charge in [-0.2, -0.15) is 0 Å². The predicted octanol–water partition coefficient (Wildman–Crippen LogP) is 4.28. The highest BCUT2D eigenvalue weighted by Crippen LogP contribution is 2.30. The van der Waals surface area contributed by atoms with Crippen LogP contribution in [0.25, 0.3) is 11.3 Å². The second kappa shape index (κ2) is 14.5. The minimum Gasteiger partial charge on any atom is -0.496 e. The van der Waals surface area contributed by atoms with Crippen LogP contribution in [0.5, 0.6) is 5.75 Å². The highest BCUT2D eigenvalue weighted by Gasteiger charge is 2.26. The normalized spacial score (nSPS) is 16.8. The first-order chi connectivity index (χ1) is 19.9. The Morgan fingerprint density at radius 1 is 1.15 bits per heavy atom. The topological polar surface area (TPSA) is 111 Å². The summed E-state index contributed by atoms with van der Waals surface area (Å²) >= 11 is 0. The van der Waals surface area contributed by atoms with Gasteiger partial charge in [-0.1, -0.05) is 50.7 Å². The number of hydrogen-bond donors (Lipinski definition) is 2. The third-order valence-electron chi connectivity index (χ3n) is 7.86. The van der Waals surface area contributed by atoms with Gasteiger partial charge in [-0.05, 0) is 49.5 Å². The van der Waals surface area contributed by atoms with Crippen molar-refractivity contribution in [3.63, 3.8) is 0 Å². The van der Waals surface area contributed by atoms with Crippen LogP contribution in [0.2, 0.25) is 0 Å². The van der Waals surface area contributed by atoms with Gasteiger partial charge in [0.05, 0.1) is 29.6 Å². The Balaban J connectivity index is 1.54. The maximum absolute atomic E-state index is 13.6. The first-order valence-corrected chi connectivity index (χ1v) is 14.5. The maximum atomic E-state index is 13.6. The smallest absolute Gasteiger partial charge is 0.257 e. The molecular weight excluding hydrogens is 512 g/mol. The summed E-state index contributed by atoms with van der Waals surface area (Å²) in [6.07, 6.45) is 13.8. The molecule has 1 saturated carbocycles. The summed E-state index contributed by atoms with van der Waals surface area (Å²) in [5, 5.41) is 0. The van der Waals surface area contributed by atoms with Crippen molar-refractivity contribution < 1.29 is 9.53 Å². The fourth-order valence-corrected chi connectivity index (χ4v) is 5.56. The number of hydrogen-bond acceptors (Lipinski definition) is 7. The molecule has 4 rings (SSSR count). The number of nitrogens with two attached hydrogens (primary N) is 2. The molecule has 8 heteroatoms. The van der Waals surface area contributed by atoms with Crippen LogP contribution in [0, 0.1) is 17.8 Å². The van der Waals surface area contributed by atoms with Crippen molar-refractivity contribution in [2.24, 2.45) is 17.4 Å². The number of methoxy groups -OCH3 is 1. The Labute approximate surface area is 244 Å². The van der Waals surface area contributed by atoms with E-state index < -0.39 is 0 Å². The Morgan fingerprint density at radius 3 is 2.56 bits per heavy atom. The number of amides is 1. The molecule has 1 aliphatic carbocycles. The standard InChI is InChI=1S/C33H42N6O2/c1-4-30-28(14-12-25(21-34)11-10-24(2)35)32(37-23-36-30)27-13-15-29(31(20-27)41-3)33(40)39-18-16-38(17-19-39)22-26-8-6-5-7-9-26/h10-11,13,15,20-21,23,26H,2,4-9,16-19,22,34-35H2,1,3H3/b11-10-,25-21+. The lowest BCUT2D eigenvalue weighted by atomic mass is 9.89. The van der Waals surface area contributed by atoms with Crippen LogP contribution in [-0.2, 0) is 6.42 Å². The van der Waals surface area contributed by atoms with Gasteiger partial charge in [0.1, 0.15) is 12.1 Å². The third-order valence-corrected chi connectivity index (χ3v) is 7.86. The van der Waals surface area contributed by atoms with E-state index in [1.54, 1.807) is 19.3 Å². The molecule has 0 radical (unpaired) electrons. The summed E-state index contributed by atoms with van der Waals surface area (Å²) in [7, 11) is 1.59. The minimum absolute atomic E-state index is 0.00586. The summed E-state index contributed by atoms with van der Waals surface area (Å²) in [4.78, 5) is 27.0. The van der Waals surface area contributed by atoms with E-state index in [0.29, 0.717) is 40.3 Å². The van der Waals surface area contributed by atoms with Crippen molar-refractivity contribution in [2.75, 3.05) is 39.8 Å². The number of piperazine rings is 1. The van der Waals surface area contributed by atoms with Crippen molar-refractivity contribution in [3.8, 4) is 28.8 Å². The van der Waals surface area contributed by atoms with E-state index in [1.165, 1.54) is 44.6 Å². The van der Waals surface area contributed by atoms with Crippen molar-refractivity contribution in [2.45, 2.75) is 45.4 Å². The third kappa shape index (κ3) is 7.77. The zero-order chi connectivity index (χ0) is 29.2. The van der Waals surface area contributed by atoms with Crippen LogP contribution in [-0.4, -0.2) is 65.5 Å². The lowest BCUT2D eigenvalue weighted by Crippen LogP contribution is -2.49. The number of carbonyl (C=O) groups excluding carboxylic acids is 1. The van der Waals surface area contributed by atoms with Crippen LogP contribution in [0.15, 0.2) is 60.7 Å². The molecule has 41 heavy (non-hydrogen) atoms. The number of aromatic nitrogens is 2. The second-order valence-corrected chi connectivity index (χ2v) is 10.7. The van der Waals surface area contributed by atoms with Crippen molar-refractivity contribution >= 4 is 5.91 Å². The van der Waals surface area contributed by atoms with E-state index in [1.807, 2.05) is 30.0 Å². The number of aryl methyl sites for hydroxylation is 1. The molecule has 2 aromatic rings. The fraction of sp³-hybridized carbons (Fsp3) is 0.424. The molecule has 0 spiro atoms. The van der Waals surface area contributed by atoms with Gasteiger partial charge in [-0.3, -0.25) is 9.69 Å². The first-order valence-electron chi connectivity index (χ1n) is 14.5. The van der Waals surface area contributed by atoms with Gasteiger partial charge >= 0.3 is 0 Å². The zero-order valence-corrected chi connectivity index (χ0v) is 24.4. The van der Waals surface area contributed by atoms with Gasteiger partial charge in [0.25, 0.3) is 5.91 Å². The molecule has 216 valence electrons. The molecule has 2 heterocycles. The van der Waals surface area contributed by atoms with Gasteiger partial charge in [0.2, 0.25) is 0 Å². The molecule has 2 aliphatic rings. The number of rotatable bonds is 8. The van der Waals surface area contributed by atoms with Gasteiger partial charge in [0.15, 0.2) is 0 Å². The lowest BCUT2D eigenvalue weighted by molar-refractivity contribution is 0.0603. The fourth-order valence-electron chi connectivity index (χ4n) is 5.56. The minimum atomic E-state index is -0.00586. The number of carbonyl (C=O) groups is 1. The Hall–Kier alpha value is -4.09. The highest BCUT2D eigenvalue weighted by molar-refractivity contribution is 5.97. The quantitative estimate of drug-likeness (QED) is 0.370. The van der Waals surface area contributed by atoms with Crippen LogP contribution < -0.4 is 16.2 Å². The molecule has 1 aromatic carbocycles. The van der Waals surface area contributed by atoms with Gasteiger partial charge in [0, 0.05) is 55.8 Å². The zero-order valence-electron chi connectivity index (χ0n) is 24.4. The van der Waals surface area contributed by atoms with Crippen LogP contribution in [0.4, 0.5) is 0 Å². The molecule has 0 unspecified atom stereocenters. The summed E-state index contributed by atoms with van der Waals surface area (Å²) < 4.78 is 5.72. The molecule has 8 nitrogen and oxygen atoms in total. The van der Waals surface area contributed by atoms with Crippen LogP contribution in [0.1, 0.15) is 60.6 Å². The summed E-state index contributed by atoms with van der Waals surface area (Å²) in [6, 6.07) is 5.59. The predicted molar refractivity (Wildman–Crippen MR) is 164 cm³/mol. The molecule has 1 aliphatic heterocycles. The van der Waals surface area contributed by atoms with Crippen molar-refractivity contribution in [1.82, 2.24) is 19.8 Å². The average Bonchev–Trinajstić information content (AvgIpc) is 3.01. The highest BCUT2D eigenvalue weighted by atomic mass is 16.5. The molecule has 0 bridgehead atoms. The molecule has 0 atom stereocenters.